The molecule has 2 aliphatic rings. The highest BCUT2D eigenvalue weighted by atomic mass is 16.2. The van der Waals surface area contributed by atoms with Crippen molar-refractivity contribution in [1.29, 1.82) is 0 Å². The monoisotopic (exact) mass is 391 g/mol. The van der Waals surface area contributed by atoms with Crippen molar-refractivity contribution in [2.24, 2.45) is 5.92 Å². The third-order valence-corrected chi connectivity index (χ3v) is 5.87. The second kappa shape index (κ2) is 8.78. The van der Waals surface area contributed by atoms with Crippen molar-refractivity contribution in [3.05, 3.63) is 60.2 Å². The van der Waals surface area contributed by atoms with E-state index in [1.807, 2.05) is 30.0 Å². The van der Waals surface area contributed by atoms with Gasteiger partial charge in [0, 0.05) is 32.1 Å². The highest BCUT2D eigenvalue weighted by Crippen LogP contribution is 2.31. The summed E-state index contributed by atoms with van der Waals surface area (Å²) in [6.45, 7) is 5.41. The molecule has 0 radical (unpaired) electrons. The van der Waals surface area contributed by atoms with Crippen molar-refractivity contribution in [3.8, 4) is 11.1 Å². The van der Waals surface area contributed by atoms with Crippen LogP contribution in [0.4, 0.5) is 0 Å². The van der Waals surface area contributed by atoms with Gasteiger partial charge >= 0.3 is 0 Å². The first kappa shape index (κ1) is 19.6. The minimum atomic E-state index is -0.0370. The van der Waals surface area contributed by atoms with Crippen LogP contribution in [0.15, 0.2) is 54.6 Å². The van der Waals surface area contributed by atoms with Crippen molar-refractivity contribution in [2.45, 2.75) is 25.8 Å². The van der Waals surface area contributed by atoms with Crippen molar-refractivity contribution < 1.29 is 9.59 Å². The average Bonchev–Trinajstić information content (AvgIpc) is 3.60. The zero-order chi connectivity index (χ0) is 20.2. The van der Waals surface area contributed by atoms with Crippen molar-refractivity contribution in [1.82, 2.24) is 15.1 Å². The molecule has 5 heteroatoms. The van der Waals surface area contributed by atoms with Crippen LogP contribution in [0.25, 0.3) is 11.1 Å². The van der Waals surface area contributed by atoms with Gasteiger partial charge in [-0.05, 0) is 36.5 Å². The summed E-state index contributed by atoms with van der Waals surface area (Å²) in [5, 5.41) is 3.10. The molecule has 1 heterocycles. The molecule has 1 aliphatic carbocycles. The predicted molar refractivity (Wildman–Crippen MR) is 114 cm³/mol. The van der Waals surface area contributed by atoms with Crippen LogP contribution in [0, 0.1) is 5.92 Å². The quantitative estimate of drug-likeness (QED) is 0.823. The number of amides is 2. The van der Waals surface area contributed by atoms with Gasteiger partial charge in [-0.25, -0.2) is 0 Å². The average molecular weight is 392 g/mol. The molecule has 1 saturated heterocycles. The summed E-state index contributed by atoms with van der Waals surface area (Å²) < 4.78 is 0. The molecule has 1 aliphatic heterocycles. The number of rotatable bonds is 6. The fourth-order valence-electron chi connectivity index (χ4n) is 3.88. The third kappa shape index (κ3) is 5.04. The molecule has 29 heavy (non-hydrogen) atoms. The van der Waals surface area contributed by atoms with Gasteiger partial charge in [-0.1, -0.05) is 54.6 Å². The third-order valence-electron chi connectivity index (χ3n) is 5.87. The normalized spacial score (nSPS) is 18.3. The van der Waals surface area contributed by atoms with Gasteiger partial charge in [0.25, 0.3) is 0 Å². The Balaban J connectivity index is 1.25. The molecule has 0 bridgehead atoms. The fourth-order valence-corrected chi connectivity index (χ4v) is 3.88. The van der Waals surface area contributed by atoms with Crippen molar-refractivity contribution in [2.75, 3.05) is 32.7 Å². The SMILES string of the molecule is C[C@H](NC(=O)CN1CCN(C(=O)C2CC2)CC1)c1ccc(-c2ccccc2)cc1. The Labute approximate surface area is 172 Å². The molecule has 1 N–H and O–H groups in total. The molecule has 0 unspecified atom stereocenters. The Hall–Kier alpha value is -2.66. The van der Waals surface area contributed by atoms with Crippen LogP contribution in [0.2, 0.25) is 0 Å². The van der Waals surface area contributed by atoms with Gasteiger partial charge in [-0.2, -0.15) is 0 Å². The molecule has 1 atom stereocenters. The number of hydrogen-bond acceptors (Lipinski definition) is 3. The van der Waals surface area contributed by atoms with Crippen molar-refractivity contribution >= 4 is 11.8 Å². The van der Waals surface area contributed by atoms with E-state index >= 15 is 0 Å². The van der Waals surface area contributed by atoms with Crippen LogP contribution < -0.4 is 5.32 Å². The number of piperazine rings is 1. The predicted octanol–water partition coefficient (Wildman–Crippen LogP) is 3.09. The Morgan fingerprint density at radius 1 is 0.931 bits per heavy atom. The zero-order valence-electron chi connectivity index (χ0n) is 17.0. The summed E-state index contributed by atoms with van der Waals surface area (Å²) in [4.78, 5) is 28.7. The molecule has 4 rings (SSSR count). The Kier molecular flexibility index (Phi) is 5.95. The first-order chi connectivity index (χ1) is 14.1. The van der Waals surface area contributed by atoms with Crippen LogP contribution in [-0.2, 0) is 9.59 Å². The van der Waals surface area contributed by atoms with E-state index in [2.05, 4.69) is 46.6 Å². The topological polar surface area (TPSA) is 52.7 Å². The van der Waals surface area contributed by atoms with E-state index in [9.17, 15) is 9.59 Å². The fraction of sp³-hybridized carbons (Fsp3) is 0.417. The highest BCUT2D eigenvalue weighted by Gasteiger charge is 2.34. The molecule has 2 aromatic carbocycles. The minimum absolute atomic E-state index is 0.0339. The molecular formula is C24H29N3O2. The zero-order valence-corrected chi connectivity index (χ0v) is 17.0. The number of nitrogens with zero attached hydrogens (tertiary/aromatic N) is 2. The number of carbonyl (C=O) groups is 2. The first-order valence-electron chi connectivity index (χ1n) is 10.6. The summed E-state index contributed by atoms with van der Waals surface area (Å²) >= 11 is 0. The van der Waals surface area contributed by atoms with E-state index < -0.39 is 0 Å². The maximum absolute atomic E-state index is 12.5. The summed E-state index contributed by atoms with van der Waals surface area (Å²) in [6.07, 6.45) is 2.09. The molecule has 5 nitrogen and oxygen atoms in total. The Bertz CT molecular complexity index is 838. The standard InChI is InChI=1S/C24H29N3O2/c1-18(19-7-9-21(10-8-19)20-5-3-2-4-6-20)25-23(28)17-26-13-15-27(16-14-26)24(29)22-11-12-22/h2-10,18,22H,11-17H2,1H3,(H,25,28)/t18-/m0/s1. The van der Waals surface area contributed by atoms with Gasteiger partial charge in [-0.15, -0.1) is 0 Å². The molecular weight excluding hydrogens is 362 g/mol. The van der Waals surface area contributed by atoms with Crippen LogP contribution in [0.3, 0.4) is 0 Å². The van der Waals surface area contributed by atoms with Gasteiger partial charge < -0.3 is 10.2 Å². The van der Waals surface area contributed by atoms with E-state index in [0.29, 0.717) is 12.5 Å². The van der Waals surface area contributed by atoms with Gasteiger partial charge in [0.05, 0.1) is 12.6 Å². The smallest absolute Gasteiger partial charge is 0.234 e. The van der Waals surface area contributed by atoms with Gasteiger partial charge in [0.1, 0.15) is 0 Å². The van der Waals surface area contributed by atoms with Crippen molar-refractivity contribution in [3.63, 3.8) is 0 Å². The lowest BCUT2D eigenvalue weighted by Crippen LogP contribution is -2.51. The number of carbonyl (C=O) groups excluding carboxylic acids is 2. The van der Waals surface area contributed by atoms with E-state index in [1.54, 1.807) is 0 Å². The lowest BCUT2D eigenvalue weighted by Gasteiger charge is -2.34. The number of hydrogen-bond donors (Lipinski definition) is 1. The van der Waals surface area contributed by atoms with E-state index in [1.165, 1.54) is 11.1 Å². The molecule has 2 aromatic rings. The maximum atomic E-state index is 12.5. The van der Waals surface area contributed by atoms with E-state index in [0.717, 1.165) is 44.6 Å². The second-order valence-corrected chi connectivity index (χ2v) is 8.15. The molecule has 2 amide bonds. The largest absolute Gasteiger partial charge is 0.348 e. The summed E-state index contributed by atoms with van der Waals surface area (Å²) in [7, 11) is 0. The minimum Gasteiger partial charge on any atom is -0.348 e. The number of benzene rings is 2. The molecule has 0 aromatic heterocycles. The van der Waals surface area contributed by atoms with Crippen LogP contribution in [-0.4, -0.2) is 54.3 Å². The van der Waals surface area contributed by atoms with E-state index in [4.69, 9.17) is 0 Å². The molecule has 1 saturated carbocycles. The summed E-state index contributed by atoms with van der Waals surface area (Å²) in [6, 6.07) is 18.6. The summed E-state index contributed by atoms with van der Waals surface area (Å²) in [5.41, 5.74) is 3.46. The second-order valence-electron chi connectivity index (χ2n) is 8.15. The Morgan fingerprint density at radius 2 is 1.55 bits per heavy atom. The van der Waals surface area contributed by atoms with Gasteiger partial charge in [-0.3, -0.25) is 14.5 Å². The Morgan fingerprint density at radius 3 is 2.17 bits per heavy atom. The van der Waals surface area contributed by atoms with Crippen LogP contribution in [0.5, 0.6) is 0 Å². The van der Waals surface area contributed by atoms with Gasteiger partial charge in [0.15, 0.2) is 0 Å². The lowest BCUT2D eigenvalue weighted by molar-refractivity contribution is -0.134. The molecule has 0 spiro atoms. The number of nitrogens with one attached hydrogen (secondary N) is 1. The molecule has 2 fully saturated rings. The first-order valence-corrected chi connectivity index (χ1v) is 10.6. The maximum Gasteiger partial charge on any atom is 0.234 e. The van der Waals surface area contributed by atoms with E-state index in [-0.39, 0.29) is 17.9 Å². The molecule has 152 valence electrons. The van der Waals surface area contributed by atoms with Crippen LogP contribution in [0.1, 0.15) is 31.4 Å². The summed E-state index contributed by atoms with van der Waals surface area (Å²) in [5.74, 6) is 0.618. The van der Waals surface area contributed by atoms with Gasteiger partial charge in [0.2, 0.25) is 11.8 Å². The van der Waals surface area contributed by atoms with Crippen LogP contribution >= 0.6 is 0 Å². The lowest BCUT2D eigenvalue weighted by atomic mass is 10.0. The highest BCUT2D eigenvalue weighted by molar-refractivity contribution is 5.81.